The van der Waals surface area contributed by atoms with Crippen LogP contribution in [0.3, 0.4) is 0 Å². The minimum atomic E-state index is -0.701. The fourth-order valence-electron chi connectivity index (χ4n) is 1.48. The van der Waals surface area contributed by atoms with Crippen molar-refractivity contribution in [1.82, 2.24) is 0 Å². The van der Waals surface area contributed by atoms with Crippen LogP contribution < -0.4 is 0 Å². The van der Waals surface area contributed by atoms with Gasteiger partial charge in [-0.1, -0.05) is 30.7 Å². The monoisotopic (exact) mass is 242 g/mol. The summed E-state index contributed by atoms with van der Waals surface area (Å²) in [5.41, 5.74) is 0.711. The smallest absolute Gasteiger partial charge is 0.308 e. The number of ether oxygens (including phenoxy) is 1. The summed E-state index contributed by atoms with van der Waals surface area (Å²) in [5.74, 6) is -0.653. The molecule has 1 aromatic carbocycles. The van der Waals surface area contributed by atoms with E-state index < -0.39 is 6.10 Å². The molecule has 0 bridgehead atoms. The maximum absolute atomic E-state index is 11.2. The number of carbonyl (C=O) groups is 1. The summed E-state index contributed by atoms with van der Waals surface area (Å²) in [6.45, 7) is 1.72. The van der Waals surface area contributed by atoms with Crippen molar-refractivity contribution < 1.29 is 14.6 Å². The highest BCUT2D eigenvalue weighted by molar-refractivity contribution is 6.30. The number of benzene rings is 1. The van der Waals surface area contributed by atoms with Crippen molar-refractivity contribution in [2.75, 3.05) is 7.11 Å². The molecule has 0 saturated heterocycles. The zero-order chi connectivity index (χ0) is 12.1. The van der Waals surface area contributed by atoms with Crippen molar-refractivity contribution >= 4 is 17.6 Å². The van der Waals surface area contributed by atoms with E-state index in [4.69, 9.17) is 11.6 Å². The summed E-state index contributed by atoms with van der Waals surface area (Å²) in [6.07, 6.45) is -0.375. The van der Waals surface area contributed by atoms with Crippen LogP contribution in [0.1, 0.15) is 25.0 Å². The van der Waals surface area contributed by atoms with Crippen LogP contribution >= 0.6 is 11.6 Å². The first-order valence-electron chi connectivity index (χ1n) is 5.06. The number of halogens is 1. The quantitative estimate of drug-likeness (QED) is 0.826. The number of rotatable bonds is 4. The van der Waals surface area contributed by atoms with Crippen LogP contribution in [-0.2, 0) is 9.53 Å². The van der Waals surface area contributed by atoms with Gasteiger partial charge in [0.25, 0.3) is 0 Å². The second kappa shape index (κ2) is 5.87. The van der Waals surface area contributed by atoms with E-state index in [0.29, 0.717) is 17.0 Å². The third-order valence-corrected chi connectivity index (χ3v) is 2.65. The van der Waals surface area contributed by atoms with Crippen LogP contribution in [0, 0.1) is 5.92 Å². The maximum Gasteiger partial charge on any atom is 0.308 e. The third kappa shape index (κ3) is 3.51. The van der Waals surface area contributed by atoms with Gasteiger partial charge < -0.3 is 9.84 Å². The van der Waals surface area contributed by atoms with Gasteiger partial charge in [0.2, 0.25) is 0 Å². The summed E-state index contributed by atoms with van der Waals surface area (Å²) in [7, 11) is 1.34. The van der Waals surface area contributed by atoms with Crippen molar-refractivity contribution in [2.24, 2.45) is 5.92 Å². The van der Waals surface area contributed by atoms with Gasteiger partial charge in [0.15, 0.2) is 0 Å². The van der Waals surface area contributed by atoms with Crippen LogP contribution in [0.4, 0.5) is 0 Å². The Balaban J connectivity index is 2.65. The topological polar surface area (TPSA) is 46.5 Å². The highest BCUT2D eigenvalue weighted by Gasteiger charge is 2.19. The number of hydrogen-bond donors (Lipinski definition) is 1. The molecule has 0 aromatic heterocycles. The number of aliphatic hydroxyl groups excluding tert-OH is 1. The normalized spacial score (nSPS) is 14.2. The number of hydrogen-bond acceptors (Lipinski definition) is 3. The van der Waals surface area contributed by atoms with Gasteiger partial charge >= 0.3 is 5.97 Å². The van der Waals surface area contributed by atoms with E-state index in [1.165, 1.54) is 7.11 Å². The number of carbonyl (C=O) groups excluding carboxylic acids is 1. The SMILES string of the molecule is COC(=O)C(C)CC(O)c1cccc(Cl)c1. The van der Waals surface area contributed by atoms with Crippen molar-refractivity contribution in [3.05, 3.63) is 34.9 Å². The predicted octanol–water partition coefficient (Wildman–Crippen LogP) is 2.57. The molecule has 88 valence electrons. The molecule has 0 fully saturated rings. The molecule has 0 spiro atoms. The average molecular weight is 243 g/mol. The van der Waals surface area contributed by atoms with Crippen molar-refractivity contribution in [1.29, 1.82) is 0 Å². The lowest BCUT2D eigenvalue weighted by Gasteiger charge is -2.15. The van der Waals surface area contributed by atoms with Gasteiger partial charge in [-0.3, -0.25) is 4.79 Å². The standard InChI is InChI=1S/C12H15ClO3/c1-8(12(15)16-2)6-11(14)9-4-3-5-10(13)7-9/h3-5,7-8,11,14H,6H2,1-2H3. The van der Waals surface area contributed by atoms with E-state index in [1.807, 2.05) is 0 Å². The van der Waals surface area contributed by atoms with Gasteiger partial charge in [-0.25, -0.2) is 0 Å². The predicted molar refractivity (Wildman–Crippen MR) is 62.2 cm³/mol. The van der Waals surface area contributed by atoms with Crippen LogP contribution in [0.25, 0.3) is 0 Å². The van der Waals surface area contributed by atoms with Gasteiger partial charge in [0, 0.05) is 5.02 Å². The first-order valence-corrected chi connectivity index (χ1v) is 5.43. The largest absolute Gasteiger partial charge is 0.469 e. The first kappa shape index (κ1) is 13.0. The van der Waals surface area contributed by atoms with E-state index >= 15 is 0 Å². The maximum atomic E-state index is 11.2. The van der Waals surface area contributed by atoms with Crippen molar-refractivity contribution in [3.63, 3.8) is 0 Å². The highest BCUT2D eigenvalue weighted by Crippen LogP contribution is 2.23. The Bertz CT molecular complexity index is 365. The number of esters is 1. The van der Waals surface area contributed by atoms with E-state index in [-0.39, 0.29) is 11.9 Å². The minimum absolute atomic E-state index is 0.318. The lowest BCUT2D eigenvalue weighted by molar-refractivity contribution is -0.145. The second-order valence-electron chi connectivity index (χ2n) is 3.73. The first-order chi connectivity index (χ1) is 7.54. The van der Waals surface area contributed by atoms with Crippen molar-refractivity contribution in [2.45, 2.75) is 19.4 Å². The van der Waals surface area contributed by atoms with Crippen molar-refractivity contribution in [3.8, 4) is 0 Å². The average Bonchev–Trinajstić information content (AvgIpc) is 2.27. The molecule has 0 heterocycles. The Morgan fingerprint density at radius 1 is 1.56 bits per heavy atom. The van der Waals surface area contributed by atoms with E-state index in [9.17, 15) is 9.90 Å². The molecule has 1 rings (SSSR count). The number of methoxy groups -OCH3 is 1. The summed E-state index contributed by atoms with van der Waals surface area (Å²) in [6, 6.07) is 6.97. The molecule has 0 aliphatic heterocycles. The van der Waals surface area contributed by atoms with Gasteiger partial charge in [-0.15, -0.1) is 0 Å². The highest BCUT2D eigenvalue weighted by atomic mass is 35.5. The Labute approximate surface area is 100.0 Å². The Kier molecular flexibility index (Phi) is 4.77. The van der Waals surface area contributed by atoms with Gasteiger partial charge in [0.05, 0.1) is 19.1 Å². The Morgan fingerprint density at radius 2 is 2.25 bits per heavy atom. The third-order valence-electron chi connectivity index (χ3n) is 2.41. The molecule has 16 heavy (non-hydrogen) atoms. The summed E-state index contributed by atoms with van der Waals surface area (Å²) < 4.78 is 4.60. The molecule has 0 aliphatic rings. The molecule has 3 nitrogen and oxygen atoms in total. The van der Waals surface area contributed by atoms with Gasteiger partial charge in [0.1, 0.15) is 0 Å². The molecule has 0 aliphatic carbocycles. The van der Waals surface area contributed by atoms with E-state index in [2.05, 4.69) is 4.74 Å². The fraction of sp³-hybridized carbons (Fsp3) is 0.417. The van der Waals surface area contributed by atoms with Crippen LogP contribution in [0.2, 0.25) is 5.02 Å². The fourth-order valence-corrected chi connectivity index (χ4v) is 1.68. The molecule has 2 unspecified atom stereocenters. The van der Waals surface area contributed by atoms with Crippen LogP contribution in [-0.4, -0.2) is 18.2 Å². The summed E-state index contributed by atoms with van der Waals surface area (Å²) in [5, 5.41) is 10.5. The zero-order valence-electron chi connectivity index (χ0n) is 9.31. The van der Waals surface area contributed by atoms with Crippen LogP contribution in [0.5, 0.6) is 0 Å². The molecule has 1 aromatic rings. The summed E-state index contributed by atoms with van der Waals surface area (Å²) >= 11 is 5.81. The second-order valence-corrected chi connectivity index (χ2v) is 4.17. The van der Waals surface area contributed by atoms with Gasteiger partial charge in [-0.2, -0.15) is 0 Å². The lowest BCUT2D eigenvalue weighted by atomic mass is 9.98. The lowest BCUT2D eigenvalue weighted by Crippen LogP contribution is -2.15. The van der Waals surface area contributed by atoms with Crippen LogP contribution in [0.15, 0.2) is 24.3 Å². The molecule has 0 saturated carbocycles. The molecule has 2 atom stereocenters. The molecule has 0 amide bonds. The molecule has 4 heteroatoms. The molecular formula is C12H15ClO3. The number of aliphatic hydroxyl groups is 1. The minimum Gasteiger partial charge on any atom is -0.469 e. The molecule has 1 N–H and O–H groups in total. The Morgan fingerprint density at radius 3 is 2.81 bits per heavy atom. The molecular weight excluding hydrogens is 228 g/mol. The molecule has 0 radical (unpaired) electrons. The van der Waals surface area contributed by atoms with Gasteiger partial charge in [-0.05, 0) is 24.1 Å². The van der Waals surface area contributed by atoms with E-state index in [1.54, 1.807) is 31.2 Å². The van der Waals surface area contributed by atoms with E-state index in [0.717, 1.165) is 0 Å². The summed E-state index contributed by atoms with van der Waals surface area (Å²) in [4.78, 5) is 11.2. The Hall–Kier alpha value is -1.06. The zero-order valence-corrected chi connectivity index (χ0v) is 10.1.